The Kier molecular flexibility index (Phi) is 8.45. The first-order chi connectivity index (χ1) is 24.3. The Hall–Kier alpha value is -5.98. The van der Waals surface area contributed by atoms with E-state index in [1.807, 2.05) is 6.92 Å². The molecule has 234 valence electrons. The smallest absolute Gasteiger partial charge is 0.00682 e. The van der Waals surface area contributed by atoms with Crippen molar-refractivity contribution in [3.05, 3.63) is 215 Å². The maximum atomic E-state index is 2.41. The quantitative estimate of drug-likeness (QED) is 0.147. The molecular formula is C49H38. The van der Waals surface area contributed by atoms with Crippen molar-refractivity contribution in [1.29, 1.82) is 0 Å². The van der Waals surface area contributed by atoms with Crippen LogP contribution in [0, 0.1) is 0 Å². The third-order valence-electron chi connectivity index (χ3n) is 9.70. The van der Waals surface area contributed by atoms with Gasteiger partial charge in [-0.3, -0.25) is 0 Å². The monoisotopic (exact) mass is 626 g/mol. The summed E-state index contributed by atoms with van der Waals surface area (Å²) in [6, 6.07) is 48.4. The molecule has 2 aliphatic carbocycles. The third kappa shape index (κ3) is 6.10. The summed E-state index contributed by atoms with van der Waals surface area (Å²) in [4.78, 5) is 0. The van der Waals surface area contributed by atoms with Crippen molar-refractivity contribution >= 4 is 34.6 Å². The molecule has 0 bridgehead atoms. The molecule has 2 aliphatic rings. The van der Waals surface area contributed by atoms with Crippen LogP contribution in [0.2, 0.25) is 0 Å². The minimum Gasteiger partial charge on any atom is -0.0877 e. The molecule has 6 aromatic rings. The molecule has 0 saturated carbocycles. The number of hydrogen-bond donors (Lipinski definition) is 0. The van der Waals surface area contributed by atoms with Crippen LogP contribution in [0.3, 0.4) is 0 Å². The van der Waals surface area contributed by atoms with E-state index < -0.39 is 0 Å². The summed E-state index contributed by atoms with van der Waals surface area (Å²) in [5, 5.41) is 2.75. The largest absolute Gasteiger partial charge is 0.0877 e. The molecule has 0 N–H and O–H groups in total. The molecule has 0 amide bonds. The molecule has 1 atom stereocenters. The zero-order chi connectivity index (χ0) is 33.0. The van der Waals surface area contributed by atoms with E-state index in [0.717, 1.165) is 17.6 Å². The van der Waals surface area contributed by atoms with E-state index in [0.29, 0.717) is 5.92 Å². The van der Waals surface area contributed by atoms with Crippen LogP contribution in [-0.4, -0.2) is 0 Å². The highest BCUT2D eigenvalue weighted by molar-refractivity contribution is 6.03. The fraction of sp³-hybridized carbons (Fsp3) is 0.0612. The van der Waals surface area contributed by atoms with Gasteiger partial charge in [-0.1, -0.05) is 182 Å². The van der Waals surface area contributed by atoms with Crippen molar-refractivity contribution in [3.63, 3.8) is 0 Å². The second-order valence-corrected chi connectivity index (χ2v) is 12.8. The van der Waals surface area contributed by atoms with Crippen molar-refractivity contribution in [3.8, 4) is 22.3 Å². The first-order valence-corrected chi connectivity index (χ1v) is 17.2. The van der Waals surface area contributed by atoms with Gasteiger partial charge in [0.1, 0.15) is 0 Å². The maximum Gasteiger partial charge on any atom is 0.00682 e. The van der Waals surface area contributed by atoms with Crippen LogP contribution in [0.1, 0.15) is 52.6 Å². The van der Waals surface area contributed by atoms with Gasteiger partial charge in [0.2, 0.25) is 0 Å². The van der Waals surface area contributed by atoms with E-state index in [1.165, 1.54) is 66.4 Å². The lowest BCUT2D eigenvalue weighted by molar-refractivity contribution is 0.861. The second kappa shape index (κ2) is 13.6. The molecule has 0 saturated heterocycles. The fourth-order valence-corrected chi connectivity index (χ4v) is 7.38. The highest BCUT2D eigenvalue weighted by Gasteiger charge is 2.23. The van der Waals surface area contributed by atoms with Crippen LogP contribution in [-0.2, 0) is 0 Å². The van der Waals surface area contributed by atoms with Crippen LogP contribution in [0.25, 0.3) is 56.8 Å². The standard InChI is InChI=1S/C49H38/c1-2-3-6-15-38(47(36-16-7-4-8-17-36)37-18-9-5-10-19-37)26-25-35-14-11-22-42(33-35)43-23-13-24-44(34-43)45-31-29-41-28-27-39-20-12-21-40-30-32-46(45)49(41)48(39)40/h2-20,22-34,40H,21H2,1H3/b3-2-,15-6+,26-25+. The lowest BCUT2D eigenvalue weighted by atomic mass is 9.77. The van der Waals surface area contributed by atoms with E-state index in [-0.39, 0.29) is 0 Å². The Morgan fingerprint density at radius 1 is 0.633 bits per heavy atom. The van der Waals surface area contributed by atoms with Crippen molar-refractivity contribution < 1.29 is 0 Å². The predicted octanol–water partition coefficient (Wildman–Crippen LogP) is 13.3. The molecule has 0 spiro atoms. The van der Waals surface area contributed by atoms with Gasteiger partial charge in [-0.25, -0.2) is 0 Å². The summed E-state index contributed by atoms with van der Waals surface area (Å²) >= 11 is 0. The van der Waals surface area contributed by atoms with Crippen LogP contribution < -0.4 is 0 Å². The lowest BCUT2D eigenvalue weighted by Crippen LogP contribution is -2.07. The number of hydrogen-bond acceptors (Lipinski definition) is 0. The normalized spacial score (nSPS) is 14.8. The number of benzene rings is 6. The molecule has 0 aliphatic heterocycles. The molecular weight excluding hydrogens is 589 g/mol. The SMILES string of the molecule is C/C=C\C=C\C(/C=C/c1cccc(-c2cccc(-c3ccc4ccc5c6c4c3C=CC6CC=C5)c2)c1)=C(c1ccccc1)c1ccccc1. The molecule has 0 fully saturated rings. The Morgan fingerprint density at radius 2 is 1.35 bits per heavy atom. The van der Waals surface area contributed by atoms with E-state index in [9.17, 15) is 0 Å². The highest BCUT2D eigenvalue weighted by atomic mass is 14.3. The first kappa shape index (κ1) is 30.4. The van der Waals surface area contributed by atoms with Crippen molar-refractivity contribution in [1.82, 2.24) is 0 Å². The van der Waals surface area contributed by atoms with E-state index in [4.69, 9.17) is 0 Å². The van der Waals surface area contributed by atoms with E-state index in [1.54, 1.807) is 0 Å². The van der Waals surface area contributed by atoms with Gasteiger partial charge < -0.3 is 0 Å². The first-order valence-electron chi connectivity index (χ1n) is 17.2. The van der Waals surface area contributed by atoms with Crippen LogP contribution in [0.5, 0.6) is 0 Å². The van der Waals surface area contributed by atoms with Gasteiger partial charge in [-0.2, -0.15) is 0 Å². The minimum absolute atomic E-state index is 0.471. The molecule has 0 heteroatoms. The van der Waals surface area contributed by atoms with Gasteiger partial charge in [-0.15, -0.1) is 0 Å². The van der Waals surface area contributed by atoms with Crippen LogP contribution in [0.15, 0.2) is 182 Å². The third-order valence-corrected chi connectivity index (χ3v) is 9.70. The summed E-state index contributed by atoms with van der Waals surface area (Å²) in [5.41, 5.74) is 15.1. The van der Waals surface area contributed by atoms with E-state index >= 15 is 0 Å². The van der Waals surface area contributed by atoms with Gasteiger partial charge in [-0.05, 0) is 103 Å². The zero-order valence-electron chi connectivity index (χ0n) is 27.8. The van der Waals surface area contributed by atoms with Gasteiger partial charge in [0.15, 0.2) is 0 Å². The second-order valence-electron chi connectivity index (χ2n) is 12.8. The Balaban J connectivity index is 1.18. The molecule has 0 radical (unpaired) electrons. The zero-order valence-corrected chi connectivity index (χ0v) is 27.8. The minimum atomic E-state index is 0.471. The Bertz CT molecular complexity index is 2300. The summed E-state index contributed by atoms with van der Waals surface area (Å²) in [6.07, 6.45) is 23.4. The Morgan fingerprint density at radius 3 is 2.12 bits per heavy atom. The van der Waals surface area contributed by atoms with Crippen molar-refractivity contribution in [2.45, 2.75) is 19.3 Å². The fourth-order valence-electron chi connectivity index (χ4n) is 7.38. The highest BCUT2D eigenvalue weighted by Crippen LogP contribution is 2.45. The number of rotatable bonds is 8. The van der Waals surface area contributed by atoms with Crippen LogP contribution >= 0.6 is 0 Å². The van der Waals surface area contributed by atoms with Gasteiger partial charge in [0, 0.05) is 5.92 Å². The number of allylic oxidation sites excluding steroid dienone is 8. The summed E-state index contributed by atoms with van der Waals surface area (Å²) in [5.74, 6) is 0.471. The predicted molar refractivity (Wildman–Crippen MR) is 212 cm³/mol. The Labute approximate surface area is 290 Å². The maximum absolute atomic E-state index is 2.41. The molecule has 1 unspecified atom stereocenters. The lowest BCUT2D eigenvalue weighted by Gasteiger charge is -2.27. The van der Waals surface area contributed by atoms with Gasteiger partial charge in [0.25, 0.3) is 0 Å². The molecule has 0 nitrogen and oxygen atoms in total. The molecule has 8 rings (SSSR count). The van der Waals surface area contributed by atoms with Gasteiger partial charge >= 0.3 is 0 Å². The van der Waals surface area contributed by atoms with Crippen molar-refractivity contribution in [2.24, 2.45) is 0 Å². The van der Waals surface area contributed by atoms with Crippen LogP contribution in [0.4, 0.5) is 0 Å². The summed E-state index contributed by atoms with van der Waals surface area (Å²) < 4.78 is 0. The molecule has 6 aromatic carbocycles. The molecule has 0 heterocycles. The summed E-state index contributed by atoms with van der Waals surface area (Å²) in [6.45, 7) is 2.05. The molecule has 49 heavy (non-hydrogen) atoms. The van der Waals surface area contributed by atoms with Gasteiger partial charge in [0.05, 0.1) is 0 Å². The summed E-state index contributed by atoms with van der Waals surface area (Å²) in [7, 11) is 0. The average molecular weight is 627 g/mol. The van der Waals surface area contributed by atoms with E-state index in [2.05, 4.69) is 194 Å². The molecule has 0 aromatic heterocycles. The average Bonchev–Trinajstić information content (AvgIpc) is 3.17. The topological polar surface area (TPSA) is 0 Å². The van der Waals surface area contributed by atoms with Crippen molar-refractivity contribution in [2.75, 3.05) is 0 Å².